The van der Waals surface area contributed by atoms with Gasteiger partial charge in [-0.15, -0.1) is 0 Å². The quantitative estimate of drug-likeness (QED) is 0.369. The first kappa shape index (κ1) is 22.4. The van der Waals surface area contributed by atoms with Crippen molar-refractivity contribution in [1.82, 2.24) is 4.90 Å². The molecule has 0 bridgehead atoms. The second-order valence-electron chi connectivity index (χ2n) is 6.14. The van der Waals surface area contributed by atoms with Crippen molar-refractivity contribution in [2.45, 2.75) is 51.5 Å². The van der Waals surface area contributed by atoms with E-state index in [1.165, 1.54) is 4.90 Å². The number of carboxylic acid groups (broad SMARTS) is 2. The van der Waals surface area contributed by atoms with E-state index < -0.39 is 23.4 Å². The number of hydrogen-bond donors (Lipinski definition) is 0. The van der Waals surface area contributed by atoms with E-state index in [1.807, 2.05) is 0 Å². The van der Waals surface area contributed by atoms with Crippen LogP contribution in [-0.2, 0) is 14.4 Å². The molecule has 0 radical (unpaired) electrons. The van der Waals surface area contributed by atoms with Gasteiger partial charge < -0.3 is 24.7 Å². The molecule has 0 aromatic carbocycles. The molecule has 1 aliphatic heterocycles. The summed E-state index contributed by atoms with van der Waals surface area (Å²) in [4.78, 5) is 35.1. The second-order valence-corrected chi connectivity index (χ2v) is 6.14. The smallest absolute Gasteiger partial charge is 0.550 e. The number of β-lactam (4-membered cyclic amide) rings is 1. The third-order valence-electron chi connectivity index (χ3n) is 4.69. The summed E-state index contributed by atoms with van der Waals surface area (Å²) < 4.78 is 0. The fourth-order valence-corrected chi connectivity index (χ4v) is 3.27. The number of carboxylic acids is 2. The molecular weight excluding hydrogens is 308 g/mol. The van der Waals surface area contributed by atoms with Crippen LogP contribution in [0.5, 0.6) is 0 Å². The van der Waals surface area contributed by atoms with Crippen LogP contribution in [-0.4, -0.2) is 35.3 Å². The van der Waals surface area contributed by atoms with E-state index in [4.69, 9.17) is 0 Å². The zero-order valence-electron chi connectivity index (χ0n) is 13.6. The molecule has 1 saturated carbocycles. The Morgan fingerprint density at radius 1 is 1.27 bits per heavy atom. The van der Waals surface area contributed by atoms with Crippen LogP contribution in [0.3, 0.4) is 0 Å². The Bertz CT molecular complexity index is 435. The SMILES string of the molecule is CC1CCC2(CC1)CN([C@@H](CCC(=O)[O-])C(=O)[O-])C2=O.[Na+].[Na+]. The second kappa shape index (κ2) is 9.04. The molecule has 2 fully saturated rings. The number of hydrogen-bond acceptors (Lipinski definition) is 5. The van der Waals surface area contributed by atoms with Gasteiger partial charge in [0.25, 0.3) is 0 Å². The van der Waals surface area contributed by atoms with E-state index in [2.05, 4.69) is 6.92 Å². The van der Waals surface area contributed by atoms with Crippen molar-refractivity contribution in [3.05, 3.63) is 0 Å². The first-order valence-electron chi connectivity index (χ1n) is 7.07. The van der Waals surface area contributed by atoms with Crippen LogP contribution < -0.4 is 69.3 Å². The molecule has 22 heavy (non-hydrogen) atoms. The number of carbonyl (C=O) groups is 3. The van der Waals surface area contributed by atoms with E-state index in [9.17, 15) is 24.6 Å². The minimum absolute atomic E-state index is 0. The van der Waals surface area contributed by atoms with Gasteiger partial charge in [-0.05, 0) is 44.4 Å². The first-order valence-corrected chi connectivity index (χ1v) is 7.07. The van der Waals surface area contributed by atoms with Crippen LogP contribution in [0.25, 0.3) is 0 Å². The van der Waals surface area contributed by atoms with E-state index in [0.29, 0.717) is 12.5 Å². The molecule has 1 heterocycles. The van der Waals surface area contributed by atoms with Gasteiger partial charge in [-0.1, -0.05) is 6.92 Å². The Kier molecular flexibility index (Phi) is 9.21. The summed E-state index contributed by atoms with van der Waals surface area (Å²) in [5, 5.41) is 21.5. The van der Waals surface area contributed by atoms with E-state index in [1.54, 1.807) is 0 Å². The average molecular weight is 327 g/mol. The molecule has 0 aromatic heterocycles. The average Bonchev–Trinajstić information content (AvgIpc) is 2.39. The zero-order chi connectivity index (χ0) is 14.9. The van der Waals surface area contributed by atoms with Crippen LogP contribution >= 0.6 is 0 Å². The van der Waals surface area contributed by atoms with Gasteiger partial charge in [-0.25, -0.2) is 0 Å². The molecule has 1 atom stereocenters. The summed E-state index contributed by atoms with van der Waals surface area (Å²) in [5.74, 6) is -2.25. The molecule has 1 saturated heterocycles. The Balaban J connectivity index is 0.00000220. The van der Waals surface area contributed by atoms with Crippen molar-refractivity contribution >= 4 is 17.8 Å². The van der Waals surface area contributed by atoms with Crippen molar-refractivity contribution < 1.29 is 83.7 Å². The maximum absolute atomic E-state index is 12.3. The van der Waals surface area contributed by atoms with Crippen LogP contribution in [0.15, 0.2) is 0 Å². The summed E-state index contributed by atoms with van der Waals surface area (Å²) >= 11 is 0. The van der Waals surface area contributed by atoms with Gasteiger partial charge in [0, 0.05) is 12.5 Å². The van der Waals surface area contributed by atoms with Gasteiger partial charge >= 0.3 is 59.1 Å². The topological polar surface area (TPSA) is 101 Å². The molecule has 112 valence electrons. The van der Waals surface area contributed by atoms with Gasteiger partial charge in [0.1, 0.15) is 0 Å². The van der Waals surface area contributed by atoms with Crippen LogP contribution in [0.2, 0.25) is 0 Å². The Hall–Kier alpha value is 0.410. The third kappa shape index (κ3) is 4.71. The fraction of sp³-hybridized carbons (Fsp3) is 0.786. The first-order chi connectivity index (χ1) is 9.35. The zero-order valence-corrected chi connectivity index (χ0v) is 17.6. The van der Waals surface area contributed by atoms with Crippen molar-refractivity contribution in [1.29, 1.82) is 0 Å². The predicted octanol–water partition coefficient (Wildman–Crippen LogP) is -7.32. The minimum Gasteiger partial charge on any atom is -0.550 e. The van der Waals surface area contributed by atoms with Gasteiger partial charge in [0.05, 0.1) is 17.4 Å². The molecule has 1 spiro atoms. The molecular formula is C14H19NNa2O5. The molecule has 0 aromatic rings. The molecule has 1 aliphatic carbocycles. The summed E-state index contributed by atoms with van der Waals surface area (Å²) in [6.45, 7) is 2.56. The Morgan fingerprint density at radius 2 is 1.82 bits per heavy atom. The number of rotatable bonds is 5. The number of amides is 1. The third-order valence-corrected chi connectivity index (χ3v) is 4.69. The monoisotopic (exact) mass is 327 g/mol. The summed E-state index contributed by atoms with van der Waals surface area (Å²) in [5.41, 5.74) is -0.401. The van der Waals surface area contributed by atoms with Crippen LogP contribution in [0, 0.1) is 11.3 Å². The molecule has 2 rings (SSSR count). The van der Waals surface area contributed by atoms with Crippen LogP contribution in [0.1, 0.15) is 45.4 Å². The molecule has 2 aliphatic rings. The van der Waals surface area contributed by atoms with Gasteiger partial charge in [0.2, 0.25) is 5.91 Å². The fourth-order valence-electron chi connectivity index (χ4n) is 3.27. The molecule has 0 unspecified atom stereocenters. The number of carbonyl (C=O) groups excluding carboxylic acids is 3. The van der Waals surface area contributed by atoms with E-state index in [0.717, 1.165) is 25.7 Å². The standard InChI is InChI=1S/C14H21NO5.2Na/c1-9-4-6-14(7-5-9)8-15(13(14)20)10(12(18)19)2-3-11(16)17;;/h9-10H,2-8H2,1H3,(H,16,17)(H,18,19);;/q;2*+1/p-2/t9?,10-,14?;;/m0../s1. The van der Waals surface area contributed by atoms with Crippen molar-refractivity contribution in [3.63, 3.8) is 0 Å². The normalized spacial score (nSPS) is 28.1. The molecule has 0 N–H and O–H groups in total. The molecule has 6 nitrogen and oxygen atoms in total. The van der Waals surface area contributed by atoms with Crippen molar-refractivity contribution in [3.8, 4) is 0 Å². The predicted molar refractivity (Wildman–Crippen MR) is 64.8 cm³/mol. The number of likely N-dealkylation sites (tertiary alicyclic amines) is 1. The largest absolute Gasteiger partial charge is 1.00 e. The maximum Gasteiger partial charge on any atom is 1.00 e. The molecule has 8 heteroatoms. The van der Waals surface area contributed by atoms with Gasteiger partial charge in [-0.2, -0.15) is 0 Å². The summed E-state index contributed by atoms with van der Waals surface area (Å²) in [6, 6.07) is -1.15. The maximum atomic E-state index is 12.3. The van der Waals surface area contributed by atoms with Gasteiger partial charge in [0.15, 0.2) is 0 Å². The van der Waals surface area contributed by atoms with E-state index >= 15 is 0 Å². The number of nitrogens with zero attached hydrogens (tertiary/aromatic N) is 1. The minimum atomic E-state index is -1.39. The summed E-state index contributed by atoms with van der Waals surface area (Å²) in [6.07, 6.45) is 3.02. The Morgan fingerprint density at radius 3 is 2.23 bits per heavy atom. The van der Waals surface area contributed by atoms with Crippen molar-refractivity contribution in [2.24, 2.45) is 11.3 Å². The Labute approximate surface area is 174 Å². The number of aliphatic carboxylic acids is 2. The summed E-state index contributed by atoms with van der Waals surface area (Å²) in [7, 11) is 0. The van der Waals surface area contributed by atoms with Crippen molar-refractivity contribution in [2.75, 3.05) is 6.54 Å². The molecule has 1 amide bonds. The van der Waals surface area contributed by atoms with E-state index in [-0.39, 0.29) is 77.9 Å². The van der Waals surface area contributed by atoms with Crippen LogP contribution in [0.4, 0.5) is 0 Å². The van der Waals surface area contributed by atoms with Gasteiger partial charge in [-0.3, -0.25) is 4.79 Å².